The van der Waals surface area contributed by atoms with E-state index in [0.29, 0.717) is 46.7 Å². The number of halogens is 3. The van der Waals surface area contributed by atoms with E-state index in [1.165, 1.54) is 6.07 Å². The van der Waals surface area contributed by atoms with Crippen LogP contribution in [0.25, 0.3) is 0 Å². The Bertz CT molecular complexity index is 1160. The van der Waals surface area contributed by atoms with Gasteiger partial charge in [0.25, 0.3) is 0 Å². The Morgan fingerprint density at radius 3 is 2.62 bits per heavy atom. The van der Waals surface area contributed by atoms with Crippen LogP contribution in [-0.4, -0.2) is 24.4 Å². The fourth-order valence-electron chi connectivity index (χ4n) is 3.55. The van der Waals surface area contributed by atoms with E-state index in [2.05, 4.69) is 10.2 Å². The van der Waals surface area contributed by atoms with Gasteiger partial charge in [-0.15, -0.1) is 0 Å². The predicted molar refractivity (Wildman–Crippen MR) is 122 cm³/mol. The number of anilines is 2. The molecule has 1 aliphatic heterocycles. The molecule has 0 unspecified atom stereocenters. The molecule has 2 N–H and O–H groups in total. The summed E-state index contributed by atoms with van der Waals surface area (Å²) in [6, 6.07) is 14.9. The summed E-state index contributed by atoms with van der Waals surface area (Å²) in [5.74, 6) is 0.372. The molecular weight excluding hydrogens is 458 g/mol. The summed E-state index contributed by atoms with van der Waals surface area (Å²) in [5.41, 5.74) is 2.60. The summed E-state index contributed by atoms with van der Waals surface area (Å²) in [7, 11) is 0. The van der Waals surface area contributed by atoms with Gasteiger partial charge in [0, 0.05) is 40.8 Å². The molecule has 0 bridgehead atoms. The van der Waals surface area contributed by atoms with Crippen molar-refractivity contribution in [2.24, 2.45) is 0 Å². The van der Waals surface area contributed by atoms with E-state index in [1.807, 2.05) is 6.07 Å². The molecule has 3 aromatic carbocycles. The van der Waals surface area contributed by atoms with Crippen LogP contribution in [0.1, 0.15) is 11.1 Å². The molecule has 166 valence electrons. The number of rotatable bonds is 6. The van der Waals surface area contributed by atoms with Crippen LogP contribution in [0, 0.1) is 5.82 Å². The second-order valence-corrected chi connectivity index (χ2v) is 8.02. The van der Waals surface area contributed by atoms with Gasteiger partial charge < -0.3 is 24.8 Å². The monoisotopic (exact) mass is 476 g/mol. The number of carboxylic acid groups (broad SMARTS) is 1. The van der Waals surface area contributed by atoms with Crippen molar-refractivity contribution >= 4 is 40.7 Å². The molecule has 0 atom stereocenters. The number of carbonyl (C=O) groups is 1. The Morgan fingerprint density at radius 2 is 1.84 bits per heavy atom. The molecule has 0 radical (unpaired) electrons. The lowest BCUT2D eigenvalue weighted by Crippen LogP contribution is -2.34. The van der Waals surface area contributed by atoms with E-state index < -0.39 is 12.0 Å². The quantitative estimate of drug-likeness (QED) is 0.326. The molecule has 0 saturated carbocycles. The number of hydrogen-bond acceptors (Lipinski definition) is 5. The van der Waals surface area contributed by atoms with Gasteiger partial charge in [0.1, 0.15) is 23.9 Å². The van der Waals surface area contributed by atoms with Gasteiger partial charge in [-0.2, -0.15) is 0 Å². The van der Waals surface area contributed by atoms with Crippen molar-refractivity contribution in [2.75, 3.05) is 23.3 Å². The Balaban J connectivity index is 1.58. The van der Waals surface area contributed by atoms with Crippen LogP contribution in [0.2, 0.25) is 10.0 Å². The van der Waals surface area contributed by atoms with Crippen molar-refractivity contribution in [3.63, 3.8) is 0 Å². The standard InChI is InChI=1S/C23H19Cl2FN2O4/c24-16-6-7-20(31-13-14-4-5-17(25)11-18(14)26)15(10-16)12-28-9-8-27-22-19(28)2-1-3-21(22)32-23(29)30/h1-7,10-11,27H,8-9,12-13H2,(H,29,30). The summed E-state index contributed by atoms with van der Waals surface area (Å²) in [6.07, 6.45) is -1.38. The van der Waals surface area contributed by atoms with Crippen molar-refractivity contribution < 1.29 is 23.8 Å². The molecule has 0 spiro atoms. The van der Waals surface area contributed by atoms with Crippen LogP contribution in [-0.2, 0) is 13.2 Å². The van der Waals surface area contributed by atoms with Gasteiger partial charge in [-0.25, -0.2) is 9.18 Å². The highest BCUT2D eigenvalue weighted by Crippen LogP contribution is 2.39. The molecule has 1 heterocycles. The smallest absolute Gasteiger partial charge is 0.488 e. The molecule has 0 saturated heterocycles. The molecule has 0 fully saturated rings. The van der Waals surface area contributed by atoms with Gasteiger partial charge in [0.15, 0.2) is 5.75 Å². The molecule has 0 aromatic heterocycles. The number of ether oxygens (including phenoxy) is 2. The minimum absolute atomic E-state index is 0.0341. The lowest BCUT2D eigenvalue weighted by Gasteiger charge is -2.33. The minimum atomic E-state index is -1.38. The zero-order valence-electron chi connectivity index (χ0n) is 16.8. The largest absolute Gasteiger partial charge is 0.511 e. The third-order valence-electron chi connectivity index (χ3n) is 5.01. The molecular formula is C23H19Cl2FN2O4. The van der Waals surface area contributed by atoms with Crippen LogP contribution >= 0.6 is 23.2 Å². The predicted octanol–water partition coefficient (Wildman–Crippen LogP) is 6.20. The Labute approximate surface area is 194 Å². The van der Waals surface area contributed by atoms with E-state index in [1.54, 1.807) is 42.5 Å². The van der Waals surface area contributed by atoms with Crippen molar-refractivity contribution in [1.82, 2.24) is 0 Å². The Kier molecular flexibility index (Phi) is 6.58. The molecule has 3 aromatic rings. The maximum Gasteiger partial charge on any atom is 0.511 e. The number of fused-ring (bicyclic) bond motifs is 1. The summed E-state index contributed by atoms with van der Waals surface area (Å²) in [5, 5.41) is 13.1. The minimum Gasteiger partial charge on any atom is -0.488 e. The van der Waals surface area contributed by atoms with E-state index in [-0.39, 0.29) is 12.4 Å². The lowest BCUT2D eigenvalue weighted by atomic mass is 10.1. The van der Waals surface area contributed by atoms with Crippen LogP contribution in [0.15, 0.2) is 54.6 Å². The number of benzene rings is 3. The molecule has 32 heavy (non-hydrogen) atoms. The maximum absolute atomic E-state index is 14.1. The number of para-hydroxylation sites is 1. The van der Waals surface area contributed by atoms with Crippen molar-refractivity contribution in [1.29, 1.82) is 0 Å². The third kappa shape index (κ3) is 5.00. The van der Waals surface area contributed by atoms with E-state index in [0.717, 1.165) is 11.3 Å². The third-order valence-corrected chi connectivity index (χ3v) is 5.48. The summed E-state index contributed by atoms with van der Waals surface area (Å²) < 4.78 is 24.9. The van der Waals surface area contributed by atoms with Crippen molar-refractivity contribution in [2.45, 2.75) is 13.2 Å². The highest BCUT2D eigenvalue weighted by Gasteiger charge is 2.22. The topological polar surface area (TPSA) is 71.0 Å². The van der Waals surface area contributed by atoms with Gasteiger partial charge in [0.2, 0.25) is 0 Å². The second-order valence-electron chi connectivity index (χ2n) is 7.14. The molecule has 9 heteroatoms. The lowest BCUT2D eigenvalue weighted by molar-refractivity contribution is 0.144. The van der Waals surface area contributed by atoms with Gasteiger partial charge in [-0.05, 0) is 42.5 Å². The van der Waals surface area contributed by atoms with E-state index in [4.69, 9.17) is 37.8 Å². The Hall–Kier alpha value is -3.16. The molecule has 1 aliphatic rings. The summed E-state index contributed by atoms with van der Waals surface area (Å²) in [6.45, 7) is 1.75. The first-order valence-corrected chi connectivity index (χ1v) is 10.5. The molecule has 0 amide bonds. The first kappa shape index (κ1) is 22.0. The highest BCUT2D eigenvalue weighted by molar-refractivity contribution is 6.30. The van der Waals surface area contributed by atoms with Gasteiger partial charge >= 0.3 is 6.16 Å². The molecule has 4 rings (SSSR count). The fourth-order valence-corrected chi connectivity index (χ4v) is 3.91. The average Bonchev–Trinajstić information content (AvgIpc) is 2.74. The second kappa shape index (κ2) is 9.54. The van der Waals surface area contributed by atoms with Crippen molar-refractivity contribution in [3.05, 3.63) is 81.6 Å². The first-order valence-electron chi connectivity index (χ1n) is 9.78. The summed E-state index contributed by atoms with van der Waals surface area (Å²) >= 11 is 12.0. The van der Waals surface area contributed by atoms with Crippen LogP contribution in [0.5, 0.6) is 11.5 Å². The summed E-state index contributed by atoms with van der Waals surface area (Å²) in [4.78, 5) is 13.1. The number of nitrogens with zero attached hydrogens (tertiary/aromatic N) is 1. The normalized spacial score (nSPS) is 12.7. The van der Waals surface area contributed by atoms with Gasteiger partial charge in [0.05, 0.1) is 5.69 Å². The zero-order chi connectivity index (χ0) is 22.7. The first-order chi connectivity index (χ1) is 15.4. The molecule has 6 nitrogen and oxygen atoms in total. The van der Waals surface area contributed by atoms with Gasteiger partial charge in [-0.1, -0.05) is 35.3 Å². The average molecular weight is 477 g/mol. The van der Waals surface area contributed by atoms with Crippen LogP contribution in [0.4, 0.5) is 20.6 Å². The number of nitrogens with one attached hydrogen (secondary N) is 1. The molecule has 0 aliphatic carbocycles. The van der Waals surface area contributed by atoms with Crippen molar-refractivity contribution in [3.8, 4) is 11.5 Å². The van der Waals surface area contributed by atoms with Crippen LogP contribution in [0.3, 0.4) is 0 Å². The zero-order valence-corrected chi connectivity index (χ0v) is 18.3. The SMILES string of the molecule is O=C(O)Oc1cccc2c1NCCN2Cc1cc(Cl)ccc1OCc1ccc(Cl)cc1F. The van der Waals surface area contributed by atoms with E-state index in [9.17, 15) is 9.18 Å². The maximum atomic E-state index is 14.1. The fraction of sp³-hybridized carbons (Fsp3) is 0.174. The number of hydrogen-bond donors (Lipinski definition) is 2. The van der Waals surface area contributed by atoms with Crippen LogP contribution < -0.4 is 19.7 Å². The van der Waals surface area contributed by atoms with Gasteiger partial charge in [-0.3, -0.25) is 0 Å². The Morgan fingerprint density at radius 1 is 1.06 bits per heavy atom. The van der Waals surface area contributed by atoms with E-state index >= 15 is 0 Å². The highest BCUT2D eigenvalue weighted by atomic mass is 35.5.